The summed E-state index contributed by atoms with van der Waals surface area (Å²) in [6.45, 7) is 4.84. The largest absolute Gasteiger partial charge is 0.368 e. The molecule has 0 amide bonds. The van der Waals surface area contributed by atoms with Crippen LogP contribution in [0.25, 0.3) is 5.65 Å². The topological polar surface area (TPSA) is 61.1 Å². The Kier molecular flexibility index (Phi) is 5.70. The third-order valence-electron chi connectivity index (χ3n) is 5.16. The lowest BCUT2D eigenvalue weighted by molar-refractivity contribution is 0.372. The number of nitrogens with zero attached hydrogens (tertiary/aromatic N) is 6. The fraction of sp³-hybridized carbons (Fsp3) is 0.381. The summed E-state index contributed by atoms with van der Waals surface area (Å²) in [4.78, 5) is 9.24. The maximum atomic E-state index is 4.47. The second-order valence-electron chi connectivity index (χ2n) is 6.93. The minimum Gasteiger partial charge on any atom is -0.368 e. The molecule has 7 nitrogen and oxygen atoms in total. The number of guanidine groups is 1. The molecule has 3 aromatic rings. The Morgan fingerprint density at radius 1 is 1.00 bits per heavy atom. The Balaban J connectivity index is 1.24. The number of hydrogen-bond acceptors (Lipinski definition) is 4. The van der Waals surface area contributed by atoms with Crippen molar-refractivity contribution >= 4 is 17.3 Å². The van der Waals surface area contributed by atoms with E-state index in [9.17, 15) is 0 Å². The predicted molar refractivity (Wildman–Crippen MR) is 113 cm³/mol. The summed E-state index contributed by atoms with van der Waals surface area (Å²) >= 11 is 0. The lowest BCUT2D eigenvalue weighted by Gasteiger charge is -2.37. The summed E-state index contributed by atoms with van der Waals surface area (Å²) in [6.07, 6.45) is 3.89. The molecule has 2 aromatic heterocycles. The predicted octanol–water partition coefficient (Wildman–Crippen LogP) is 2.06. The van der Waals surface area contributed by atoms with E-state index in [0.717, 1.165) is 63.0 Å². The molecule has 4 rings (SSSR count). The Morgan fingerprint density at radius 2 is 1.79 bits per heavy atom. The molecule has 7 heteroatoms. The maximum absolute atomic E-state index is 4.47. The summed E-state index contributed by atoms with van der Waals surface area (Å²) in [5.41, 5.74) is 2.20. The first-order valence-corrected chi connectivity index (χ1v) is 9.89. The number of pyridine rings is 1. The van der Waals surface area contributed by atoms with Crippen LogP contribution in [0.4, 0.5) is 5.69 Å². The van der Waals surface area contributed by atoms with Crippen LogP contribution in [0.3, 0.4) is 0 Å². The van der Waals surface area contributed by atoms with Gasteiger partial charge in [-0.15, -0.1) is 10.2 Å². The summed E-state index contributed by atoms with van der Waals surface area (Å²) in [6, 6.07) is 16.6. The molecule has 0 aliphatic carbocycles. The number of hydrogen-bond donors (Lipinski definition) is 1. The molecule has 0 spiro atoms. The number of aryl methyl sites for hydroxylation is 1. The number of fused-ring (bicyclic) bond motifs is 1. The smallest absolute Gasteiger partial charge is 0.193 e. The van der Waals surface area contributed by atoms with Crippen LogP contribution in [0, 0.1) is 0 Å². The first-order chi connectivity index (χ1) is 13.8. The summed E-state index contributed by atoms with van der Waals surface area (Å²) in [7, 11) is 1.86. The normalized spacial score (nSPS) is 15.2. The van der Waals surface area contributed by atoms with Gasteiger partial charge in [-0.3, -0.25) is 9.39 Å². The number of piperazine rings is 1. The minimum atomic E-state index is 0.868. The number of para-hydroxylation sites is 1. The van der Waals surface area contributed by atoms with Crippen molar-refractivity contribution in [1.82, 2.24) is 24.8 Å². The first kappa shape index (κ1) is 18.3. The van der Waals surface area contributed by atoms with Gasteiger partial charge in [0.2, 0.25) is 0 Å². The highest BCUT2D eigenvalue weighted by molar-refractivity contribution is 5.80. The molecule has 1 fully saturated rings. The molecular formula is C21H27N7. The highest BCUT2D eigenvalue weighted by Crippen LogP contribution is 2.15. The van der Waals surface area contributed by atoms with Crippen molar-refractivity contribution in [3.63, 3.8) is 0 Å². The van der Waals surface area contributed by atoms with Gasteiger partial charge in [0.25, 0.3) is 0 Å². The van der Waals surface area contributed by atoms with Crippen molar-refractivity contribution in [2.45, 2.75) is 12.8 Å². The van der Waals surface area contributed by atoms with Crippen molar-refractivity contribution in [3.05, 3.63) is 60.6 Å². The average Bonchev–Trinajstić information content (AvgIpc) is 3.18. The van der Waals surface area contributed by atoms with E-state index in [1.807, 2.05) is 31.4 Å². The van der Waals surface area contributed by atoms with Gasteiger partial charge in [0.15, 0.2) is 11.6 Å². The molecule has 3 heterocycles. The molecule has 146 valence electrons. The molecule has 1 aliphatic rings. The van der Waals surface area contributed by atoms with E-state index < -0.39 is 0 Å². The van der Waals surface area contributed by atoms with Crippen LogP contribution in [0.5, 0.6) is 0 Å². The summed E-state index contributed by atoms with van der Waals surface area (Å²) in [5.74, 6) is 1.99. The molecule has 0 saturated carbocycles. The van der Waals surface area contributed by atoms with Crippen LogP contribution in [-0.4, -0.2) is 65.2 Å². The molecule has 0 bridgehead atoms. The number of anilines is 1. The van der Waals surface area contributed by atoms with Crippen LogP contribution in [-0.2, 0) is 6.42 Å². The number of nitrogens with one attached hydrogen (secondary N) is 1. The standard InChI is InChI=1S/C21H27N7/c1-22-21(27-16-14-26(15-17-27)18-8-3-2-4-9-18)23-12-7-11-20-25-24-19-10-5-6-13-28(19)20/h2-6,8-10,13H,7,11-12,14-17H2,1H3,(H,22,23). The maximum Gasteiger partial charge on any atom is 0.193 e. The number of aliphatic imine (C=N–C) groups is 1. The Morgan fingerprint density at radius 3 is 2.57 bits per heavy atom. The molecule has 1 aliphatic heterocycles. The molecule has 0 unspecified atom stereocenters. The average molecular weight is 377 g/mol. The van der Waals surface area contributed by atoms with Crippen LogP contribution >= 0.6 is 0 Å². The molecule has 1 N–H and O–H groups in total. The van der Waals surface area contributed by atoms with Crippen molar-refractivity contribution in [1.29, 1.82) is 0 Å². The van der Waals surface area contributed by atoms with Crippen molar-refractivity contribution in [3.8, 4) is 0 Å². The van der Waals surface area contributed by atoms with E-state index in [4.69, 9.17) is 0 Å². The van der Waals surface area contributed by atoms with Crippen LogP contribution in [0.1, 0.15) is 12.2 Å². The second-order valence-corrected chi connectivity index (χ2v) is 6.93. The van der Waals surface area contributed by atoms with Gasteiger partial charge >= 0.3 is 0 Å². The summed E-state index contributed by atoms with van der Waals surface area (Å²) < 4.78 is 2.05. The fourth-order valence-electron chi connectivity index (χ4n) is 3.66. The van der Waals surface area contributed by atoms with Crippen LogP contribution < -0.4 is 10.2 Å². The zero-order valence-electron chi connectivity index (χ0n) is 16.3. The van der Waals surface area contributed by atoms with E-state index in [2.05, 4.69) is 65.0 Å². The van der Waals surface area contributed by atoms with E-state index in [-0.39, 0.29) is 0 Å². The number of benzene rings is 1. The van der Waals surface area contributed by atoms with Gasteiger partial charge in [-0.25, -0.2) is 0 Å². The Bertz CT molecular complexity index is 911. The highest BCUT2D eigenvalue weighted by atomic mass is 15.3. The van der Waals surface area contributed by atoms with Crippen LogP contribution in [0.15, 0.2) is 59.7 Å². The van der Waals surface area contributed by atoms with Gasteiger partial charge in [0.1, 0.15) is 5.82 Å². The lowest BCUT2D eigenvalue weighted by Crippen LogP contribution is -2.52. The van der Waals surface area contributed by atoms with Gasteiger partial charge < -0.3 is 15.1 Å². The Labute approximate surface area is 165 Å². The van der Waals surface area contributed by atoms with E-state index in [1.54, 1.807) is 0 Å². The van der Waals surface area contributed by atoms with Crippen LogP contribution in [0.2, 0.25) is 0 Å². The van der Waals surface area contributed by atoms with Gasteiger partial charge in [-0.2, -0.15) is 0 Å². The van der Waals surface area contributed by atoms with Gasteiger partial charge in [0, 0.05) is 58.1 Å². The van der Waals surface area contributed by atoms with E-state index >= 15 is 0 Å². The molecule has 1 saturated heterocycles. The lowest BCUT2D eigenvalue weighted by atomic mass is 10.2. The zero-order valence-corrected chi connectivity index (χ0v) is 16.3. The van der Waals surface area contributed by atoms with Gasteiger partial charge in [-0.1, -0.05) is 24.3 Å². The third-order valence-corrected chi connectivity index (χ3v) is 5.16. The quantitative estimate of drug-likeness (QED) is 0.419. The van der Waals surface area contributed by atoms with E-state index in [1.165, 1.54) is 5.69 Å². The summed E-state index contributed by atoms with van der Waals surface area (Å²) in [5, 5.41) is 12.0. The third kappa shape index (κ3) is 4.08. The number of rotatable bonds is 5. The van der Waals surface area contributed by atoms with Crippen molar-refractivity contribution < 1.29 is 0 Å². The molecule has 28 heavy (non-hydrogen) atoms. The SMILES string of the molecule is CN=C(NCCCc1nnc2ccccn12)N1CCN(c2ccccc2)CC1. The minimum absolute atomic E-state index is 0.868. The second kappa shape index (κ2) is 8.73. The Hall–Kier alpha value is -3.09. The molecule has 0 atom stereocenters. The molecule has 1 aromatic carbocycles. The molecular weight excluding hydrogens is 350 g/mol. The van der Waals surface area contributed by atoms with Crippen molar-refractivity contribution in [2.75, 3.05) is 44.7 Å². The van der Waals surface area contributed by atoms with Gasteiger partial charge in [0.05, 0.1) is 0 Å². The first-order valence-electron chi connectivity index (χ1n) is 9.89. The monoisotopic (exact) mass is 377 g/mol. The van der Waals surface area contributed by atoms with E-state index in [0.29, 0.717) is 0 Å². The fourth-order valence-corrected chi connectivity index (χ4v) is 3.66. The van der Waals surface area contributed by atoms with Gasteiger partial charge in [-0.05, 0) is 30.7 Å². The highest BCUT2D eigenvalue weighted by Gasteiger charge is 2.19. The number of aromatic nitrogens is 3. The van der Waals surface area contributed by atoms with Crippen molar-refractivity contribution in [2.24, 2.45) is 4.99 Å². The molecule has 0 radical (unpaired) electrons. The zero-order chi connectivity index (χ0) is 19.2.